The first-order chi connectivity index (χ1) is 8.65. The molecular formula is C13H16BrClN2O. The van der Waals surface area contributed by atoms with Crippen LogP contribution < -0.4 is 10.6 Å². The van der Waals surface area contributed by atoms with Gasteiger partial charge in [-0.25, -0.2) is 0 Å². The smallest absolute Gasteiger partial charge is 0.221 e. The summed E-state index contributed by atoms with van der Waals surface area (Å²) in [4.78, 5) is 11.4. The van der Waals surface area contributed by atoms with Gasteiger partial charge in [-0.1, -0.05) is 17.7 Å². The summed E-state index contributed by atoms with van der Waals surface area (Å²) in [6, 6.07) is 6.30. The zero-order chi connectivity index (χ0) is 13.0. The Bertz CT molecular complexity index is 435. The highest BCUT2D eigenvalue weighted by Crippen LogP contribution is 2.23. The van der Waals surface area contributed by atoms with Gasteiger partial charge in [0.1, 0.15) is 0 Å². The molecule has 2 rings (SSSR count). The zero-order valence-corrected chi connectivity index (χ0v) is 12.4. The number of hydrogen-bond acceptors (Lipinski definition) is 2. The van der Waals surface area contributed by atoms with Gasteiger partial charge in [-0.3, -0.25) is 4.79 Å². The Morgan fingerprint density at radius 2 is 2.22 bits per heavy atom. The molecule has 0 aromatic heterocycles. The number of nitrogens with one attached hydrogen (secondary N) is 2. The van der Waals surface area contributed by atoms with Crippen LogP contribution in [0.4, 0.5) is 0 Å². The minimum Gasteiger partial charge on any atom is -0.353 e. The Labute approximate surface area is 120 Å². The van der Waals surface area contributed by atoms with E-state index in [-0.39, 0.29) is 5.91 Å². The summed E-state index contributed by atoms with van der Waals surface area (Å²) in [6.07, 6.45) is 2.80. The lowest BCUT2D eigenvalue weighted by Crippen LogP contribution is -2.28. The SMILES string of the molecule is O=C(CCNCc1ccc(Br)c(Cl)c1)NC1CC1. The molecule has 98 valence electrons. The van der Waals surface area contributed by atoms with Crippen LogP contribution in [0.2, 0.25) is 5.02 Å². The van der Waals surface area contributed by atoms with E-state index < -0.39 is 0 Å². The number of carbonyl (C=O) groups is 1. The summed E-state index contributed by atoms with van der Waals surface area (Å²) in [5.41, 5.74) is 1.12. The second-order valence-corrected chi connectivity index (χ2v) is 5.78. The Kier molecular flexibility index (Phi) is 5.03. The Morgan fingerprint density at radius 3 is 2.89 bits per heavy atom. The number of amides is 1. The van der Waals surface area contributed by atoms with Gasteiger partial charge in [-0.05, 0) is 46.5 Å². The minimum atomic E-state index is 0.138. The average molecular weight is 332 g/mol. The highest BCUT2D eigenvalue weighted by atomic mass is 79.9. The largest absolute Gasteiger partial charge is 0.353 e. The first-order valence-corrected chi connectivity index (χ1v) is 7.26. The Hall–Kier alpha value is -0.580. The van der Waals surface area contributed by atoms with Gasteiger partial charge < -0.3 is 10.6 Å². The molecule has 1 aliphatic carbocycles. The molecule has 1 aromatic carbocycles. The van der Waals surface area contributed by atoms with Gasteiger partial charge in [0, 0.05) is 30.0 Å². The zero-order valence-electron chi connectivity index (χ0n) is 10.0. The van der Waals surface area contributed by atoms with Crippen molar-refractivity contribution in [2.75, 3.05) is 6.54 Å². The van der Waals surface area contributed by atoms with E-state index in [1.54, 1.807) is 0 Å². The van der Waals surface area contributed by atoms with Crippen LogP contribution in [0.1, 0.15) is 24.8 Å². The quantitative estimate of drug-likeness (QED) is 0.787. The van der Waals surface area contributed by atoms with Gasteiger partial charge in [-0.2, -0.15) is 0 Å². The Balaban J connectivity index is 1.64. The lowest BCUT2D eigenvalue weighted by Gasteiger charge is -2.06. The van der Waals surface area contributed by atoms with E-state index in [0.29, 0.717) is 24.0 Å². The van der Waals surface area contributed by atoms with E-state index >= 15 is 0 Å². The van der Waals surface area contributed by atoms with Gasteiger partial charge >= 0.3 is 0 Å². The second kappa shape index (κ2) is 6.55. The van der Waals surface area contributed by atoms with Crippen molar-refractivity contribution in [3.05, 3.63) is 33.3 Å². The van der Waals surface area contributed by atoms with E-state index in [9.17, 15) is 4.79 Å². The van der Waals surface area contributed by atoms with Crippen LogP contribution in [0.5, 0.6) is 0 Å². The fraction of sp³-hybridized carbons (Fsp3) is 0.462. The summed E-state index contributed by atoms with van der Waals surface area (Å²) in [5, 5.41) is 6.91. The normalized spacial score (nSPS) is 14.6. The van der Waals surface area contributed by atoms with Crippen LogP contribution in [-0.4, -0.2) is 18.5 Å². The molecule has 0 atom stereocenters. The Morgan fingerprint density at radius 1 is 1.44 bits per heavy atom. The average Bonchev–Trinajstić information content (AvgIpc) is 3.13. The van der Waals surface area contributed by atoms with Crippen LogP contribution in [0.25, 0.3) is 0 Å². The molecule has 1 saturated carbocycles. The van der Waals surface area contributed by atoms with Crippen LogP contribution in [0.15, 0.2) is 22.7 Å². The number of halogens is 2. The molecule has 0 bridgehead atoms. The lowest BCUT2D eigenvalue weighted by molar-refractivity contribution is -0.121. The third-order valence-corrected chi connectivity index (χ3v) is 4.02. The standard InChI is InChI=1S/C13H16BrClN2O/c14-11-4-1-9(7-12(11)15)8-16-6-5-13(18)17-10-2-3-10/h1,4,7,10,16H,2-3,5-6,8H2,(H,17,18). The molecule has 1 fully saturated rings. The summed E-state index contributed by atoms with van der Waals surface area (Å²) in [5.74, 6) is 0.138. The van der Waals surface area contributed by atoms with Crippen molar-refractivity contribution < 1.29 is 4.79 Å². The van der Waals surface area contributed by atoms with Crippen LogP contribution >= 0.6 is 27.5 Å². The highest BCUT2D eigenvalue weighted by molar-refractivity contribution is 9.10. The highest BCUT2D eigenvalue weighted by Gasteiger charge is 2.22. The molecule has 1 aromatic rings. The van der Waals surface area contributed by atoms with E-state index in [1.807, 2.05) is 18.2 Å². The van der Waals surface area contributed by atoms with E-state index in [1.165, 1.54) is 0 Å². The molecule has 1 aliphatic rings. The predicted molar refractivity (Wildman–Crippen MR) is 76.6 cm³/mol. The summed E-state index contributed by atoms with van der Waals surface area (Å²) in [7, 11) is 0. The summed E-state index contributed by atoms with van der Waals surface area (Å²) < 4.78 is 0.900. The summed E-state index contributed by atoms with van der Waals surface area (Å²) in [6.45, 7) is 1.41. The van der Waals surface area contributed by atoms with Crippen molar-refractivity contribution >= 4 is 33.4 Å². The molecule has 0 aliphatic heterocycles. The molecule has 5 heteroatoms. The fourth-order valence-electron chi connectivity index (χ4n) is 1.61. The van der Waals surface area contributed by atoms with Crippen molar-refractivity contribution in [2.24, 2.45) is 0 Å². The maximum Gasteiger partial charge on any atom is 0.221 e. The molecule has 0 heterocycles. The van der Waals surface area contributed by atoms with Gasteiger partial charge in [-0.15, -0.1) is 0 Å². The number of benzene rings is 1. The van der Waals surface area contributed by atoms with Crippen molar-refractivity contribution in [3.8, 4) is 0 Å². The van der Waals surface area contributed by atoms with E-state index in [4.69, 9.17) is 11.6 Å². The van der Waals surface area contributed by atoms with Crippen LogP contribution in [-0.2, 0) is 11.3 Å². The van der Waals surface area contributed by atoms with Crippen molar-refractivity contribution in [1.82, 2.24) is 10.6 Å². The molecule has 18 heavy (non-hydrogen) atoms. The number of hydrogen-bond donors (Lipinski definition) is 2. The van der Waals surface area contributed by atoms with Gasteiger partial charge in [0.25, 0.3) is 0 Å². The van der Waals surface area contributed by atoms with Crippen LogP contribution in [0, 0.1) is 0 Å². The first-order valence-electron chi connectivity index (χ1n) is 6.09. The molecular weight excluding hydrogens is 316 g/mol. The van der Waals surface area contributed by atoms with Crippen molar-refractivity contribution in [1.29, 1.82) is 0 Å². The molecule has 0 saturated heterocycles. The van der Waals surface area contributed by atoms with Crippen molar-refractivity contribution in [2.45, 2.75) is 31.8 Å². The van der Waals surface area contributed by atoms with E-state index in [0.717, 1.165) is 29.4 Å². The molecule has 0 radical (unpaired) electrons. The summed E-state index contributed by atoms with van der Waals surface area (Å²) >= 11 is 9.36. The second-order valence-electron chi connectivity index (χ2n) is 4.52. The monoisotopic (exact) mass is 330 g/mol. The number of rotatable bonds is 6. The molecule has 1 amide bonds. The fourth-order valence-corrected chi connectivity index (χ4v) is 2.06. The van der Waals surface area contributed by atoms with Gasteiger partial charge in [0.2, 0.25) is 5.91 Å². The third-order valence-electron chi connectivity index (χ3n) is 2.78. The molecule has 3 nitrogen and oxygen atoms in total. The van der Waals surface area contributed by atoms with Gasteiger partial charge in [0.05, 0.1) is 5.02 Å². The third kappa shape index (κ3) is 4.59. The van der Waals surface area contributed by atoms with Crippen molar-refractivity contribution in [3.63, 3.8) is 0 Å². The molecule has 0 spiro atoms. The first kappa shape index (κ1) is 13.8. The van der Waals surface area contributed by atoms with Gasteiger partial charge in [0.15, 0.2) is 0 Å². The topological polar surface area (TPSA) is 41.1 Å². The number of carbonyl (C=O) groups excluding carboxylic acids is 1. The minimum absolute atomic E-state index is 0.138. The molecule has 0 unspecified atom stereocenters. The lowest BCUT2D eigenvalue weighted by atomic mass is 10.2. The molecule has 2 N–H and O–H groups in total. The maximum absolute atomic E-state index is 11.4. The van der Waals surface area contributed by atoms with Crippen LogP contribution in [0.3, 0.4) is 0 Å². The van der Waals surface area contributed by atoms with E-state index in [2.05, 4.69) is 26.6 Å². The predicted octanol–water partition coefficient (Wildman–Crippen LogP) is 2.86. The maximum atomic E-state index is 11.4.